The molecule has 1 aliphatic carbocycles. The van der Waals surface area contributed by atoms with Gasteiger partial charge in [-0.2, -0.15) is 0 Å². The minimum atomic E-state index is 0.576. The molecule has 1 heteroatoms. The fraction of sp³-hybridized carbons (Fsp3) is 0.900. The summed E-state index contributed by atoms with van der Waals surface area (Å²) < 4.78 is 5.67. The van der Waals surface area contributed by atoms with Crippen molar-refractivity contribution in [3.63, 3.8) is 0 Å². The molecule has 0 spiro atoms. The predicted molar refractivity (Wildman–Crippen MR) is 47.4 cm³/mol. The summed E-state index contributed by atoms with van der Waals surface area (Å²) in [6.45, 7) is 3.02. The Kier molecular flexibility index (Phi) is 4.60. The van der Waals surface area contributed by atoms with E-state index in [2.05, 4.69) is 13.3 Å². The van der Waals surface area contributed by atoms with Crippen LogP contribution in [0.1, 0.15) is 45.4 Å². The van der Waals surface area contributed by atoms with Gasteiger partial charge in [-0.25, -0.2) is 0 Å². The number of unbranched alkanes of at least 4 members (excludes halogenated alkanes) is 1. The van der Waals surface area contributed by atoms with E-state index < -0.39 is 0 Å². The molecule has 1 saturated carbocycles. The normalized spacial score (nSPS) is 20.5. The first kappa shape index (κ1) is 9.05. The molecule has 0 amide bonds. The van der Waals surface area contributed by atoms with Crippen LogP contribution in [-0.2, 0) is 4.74 Å². The SMILES string of the molecule is CC[CH]COC1CCCCC1. The van der Waals surface area contributed by atoms with Gasteiger partial charge in [0.1, 0.15) is 0 Å². The monoisotopic (exact) mass is 155 g/mol. The summed E-state index contributed by atoms with van der Waals surface area (Å²) in [6, 6.07) is 0. The molecule has 0 aromatic heterocycles. The molecule has 0 heterocycles. The van der Waals surface area contributed by atoms with Gasteiger partial charge in [-0.1, -0.05) is 32.6 Å². The molecule has 1 nitrogen and oxygen atoms in total. The van der Waals surface area contributed by atoms with Gasteiger partial charge < -0.3 is 4.74 Å². The zero-order valence-corrected chi connectivity index (χ0v) is 7.51. The van der Waals surface area contributed by atoms with E-state index in [1.54, 1.807) is 0 Å². The lowest BCUT2D eigenvalue weighted by Crippen LogP contribution is -2.17. The molecule has 0 saturated heterocycles. The van der Waals surface area contributed by atoms with Crippen LogP contribution in [0.2, 0.25) is 0 Å². The van der Waals surface area contributed by atoms with Crippen molar-refractivity contribution < 1.29 is 4.74 Å². The van der Waals surface area contributed by atoms with Crippen LogP contribution >= 0.6 is 0 Å². The Morgan fingerprint density at radius 1 is 1.27 bits per heavy atom. The highest BCUT2D eigenvalue weighted by Crippen LogP contribution is 2.20. The molecule has 0 unspecified atom stereocenters. The Bertz CT molecular complexity index is 84.9. The molecular weight excluding hydrogens is 136 g/mol. The highest BCUT2D eigenvalue weighted by atomic mass is 16.5. The summed E-state index contributed by atoms with van der Waals surface area (Å²) in [5.41, 5.74) is 0. The van der Waals surface area contributed by atoms with Crippen LogP contribution in [0.4, 0.5) is 0 Å². The lowest BCUT2D eigenvalue weighted by molar-refractivity contribution is 0.0404. The fourth-order valence-corrected chi connectivity index (χ4v) is 1.55. The van der Waals surface area contributed by atoms with Crippen molar-refractivity contribution >= 4 is 0 Å². The molecule has 0 bridgehead atoms. The Hall–Kier alpha value is -0.0400. The average Bonchev–Trinajstić information content (AvgIpc) is 2.07. The van der Waals surface area contributed by atoms with Crippen molar-refractivity contribution in [3.05, 3.63) is 6.42 Å². The van der Waals surface area contributed by atoms with Crippen LogP contribution in [-0.4, -0.2) is 12.7 Å². The molecule has 0 aliphatic heterocycles. The predicted octanol–water partition coefficient (Wildman–Crippen LogP) is 2.95. The molecule has 0 aromatic carbocycles. The second-order valence-corrected chi connectivity index (χ2v) is 3.29. The molecular formula is C10H19O. The summed E-state index contributed by atoms with van der Waals surface area (Å²) in [6.07, 6.45) is 10.6. The number of hydrogen-bond donors (Lipinski definition) is 0. The zero-order chi connectivity index (χ0) is 7.94. The van der Waals surface area contributed by atoms with E-state index in [4.69, 9.17) is 4.74 Å². The molecule has 0 aromatic rings. The minimum Gasteiger partial charge on any atom is -0.378 e. The average molecular weight is 155 g/mol. The van der Waals surface area contributed by atoms with Crippen molar-refractivity contribution in [1.82, 2.24) is 0 Å². The summed E-state index contributed by atoms with van der Waals surface area (Å²) in [5, 5.41) is 0. The number of hydrogen-bond acceptors (Lipinski definition) is 1. The third kappa shape index (κ3) is 3.76. The van der Waals surface area contributed by atoms with Gasteiger partial charge in [0.05, 0.1) is 12.7 Å². The van der Waals surface area contributed by atoms with Crippen molar-refractivity contribution in [2.24, 2.45) is 0 Å². The molecule has 0 atom stereocenters. The smallest absolute Gasteiger partial charge is 0.0575 e. The third-order valence-electron chi connectivity index (χ3n) is 2.29. The van der Waals surface area contributed by atoms with E-state index in [1.807, 2.05) is 0 Å². The van der Waals surface area contributed by atoms with E-state index >= 15 is 0 Å². The largest absolute Gasteiger partial charge is 0.378 e. The lowest BCUT2D eigenvalue weighted by Gasteiger charge is -2.21. The highest BCUT2D eigenvalue weighted by Gasteiger charge is 2.12. The molecule has 1 fully saturated rings. The maximum absolute atomic E-state index is 5.67. The Labute approximate surface area is 70.1 Å². The fourth-order valence-electron chi connectivity index (χ4n) is 1.55. The first-order valence-electron chi connectivity index (χ1n) is 4.86. The standard InChI is InChI=1S/C10H19O/c1-2-3-9-11-10-7-5-4-6-8-10/h3,10H,2,4-9H2,1H3. The summed E-state index contributed by atoms with van der Waals surface area (Å²) >= 11 is 0. The van der Waals surface area contributed by atoms with Crippen LogP contribution in [0.3, 0.4) is 0 Å². The van der Waals surface area contributed by atoms with Crippen LogP contribution in [0, 0.1) is 6.42 Å². The van der Waals surface area contributed by atoms with E-state index in [9.17, 15) is 0 Å². The van der Waals surface area contributed by atoms with E-state index in [0.29, 0.717) is 6.10 Å². The molecule has 1 rings (SSSR count). The lowest BCUT2D eigenvalue weighted by atomic mass is 9.98. The van der Waals surface area contributed by atoms with Gasteiger partial charge in [-0.15, -0.1) is 0 Å². The van der Waals surface area contributed by atoms with Gasteiger partial charge in [0.15, 0.2) is 0 Å². The molecule has 0 N–H and O–H groups in total. The van der Waals surface area contributed by atoms with E-state index in [-0.39, 0.29) is 0 Å². The zero-order valence-electron chi connectivity index (χ0n) is 7.51. The van der Waals surface area contributed by atoms with Crippen molar-refractivity contribution in [2.75, 3.05) is 6.61 Å². The maximum atomic E-state index is 5.67. The van der Waals surface area contributed by atoms with Crippen molar-refractivity contribution in [1.29, 1.82) is 0 Å². The van der Waals surface area contributed by atoms with Crippen LogP contribution in [0.5, 0.6) is 0 Å². The van der Waals surface area contributed by atoms with Crippen LogP contribution < -0.4 is 0 Å². The molecule has 11 heavy (non-hydrogen) atoms. The second kappa shape index (κ2) is 5.59. The van der Waals surface area contributed by atoms with Gasteiger partial charge >= 0.3 is 0 Å². The van der Waals surface area contributed by atoms with E-state index in [0.717, 1.165) is 13.0 Å². The first-order chi connectivity index (χ1) is 5.43. The van der Waals surface area contributed by atoms with Crippen molar-refractivity contribution in [2.45, 2.75) is 51.6 Å². The molecule has 1 radical (unpaired) electrons. The van der Waals surface area contributed by atoms with E-state index in [1.165, 1.54) is 32.1 Å². The second-order valence-electron chi connectivity index (χ2n) is 3.29. The van der Waals surface area contributed by atoms with Crippen molar-refractivity contribution in [3.8, 4) is 0 Å². The summed E-state index contributed by atoms with van der Waals surface area (Å²) in [7, 11) is 0. The summed E-state index contributed by atoms with van der Waals surface area (Å²) in [4.78, 5) is 0. The van der Waals surface area contributed by atoms with Gasteiger partial charge in [-0.3, -0.25) is 0 Å². The van der Waals surface area contributed by atoms with Crippen LogP contribution in [0.15, 0.2) is 0 Å². The molecule has 1 aliphatic rings. The minimum absolute atomic E-state index is 0.576. The number of ether oxygens (including phenoxy) is 1. The maximum Gasteiger partial charge on any atom is 0.0575 e. The quantitative estimate of drug-likeness (QED) is 0.567. The van der Waals surface area contributed by atoms with Gasteiger partial charge in [0.25, 0.3) is 0 Å². The van der Waals surface area contributed by atoms with Crippen LogP contribution in [0.25, 0.3) is 0 Å². The Balaban J connectivity index is 1.96. The highest BCUT2D eigenvalue weighted by molar-refractivity contribution is 4.67. The number of rotatable bonds is 4. The topological polar surface area (TPSA) is 9.23 Å². The Morgan fingerprint density at radius 3 is 2.64 bits per heavy atom. The first-order valence-corrected chi connectivity index (χ1v) is 4.86. The Morgan fingerprint density at radius 2 is 2.00 bits per heavy atom. The van der Waals surface area contributed by atoms with Gasteiger partial charge in [-0.05, 0) is 19.3 Å². The summed E-state index contributed by atoms with van der Waals surface area (Å²) in [5.74, 6) is 0. The third-order valence-corrected chi connectivity index (χ3v) is 2.29. The molecule has 65 valence electrons. The van der Waals surface area contributed by atoms with Gasteiger partial charge in [0.2, 0.25) is 0 Å². The van der Waals surface area contributed by atoms with Gasteiger partial charge in [0, 0.05) is 0 Å².